The fourth-order valence-electron chi connectivity index (χ4n) is 1.95. The maximum Gasteiger partial charge on any atom is 0.337 e. The third-order valence-electron chi connectivity index (χ3n) is 2.95. The van der Waals surface area contributed by atoms with Crippen molar-refractivity contribution < 1.29 is 14.6 Å². The number of rotatable bonds is 4. The van der Waals surface area contributed by atoms with Gasteiger partial charge in [-0.1, -0.05) is 22.6 Å². The Balaban J connectivity index is 2.75. The topological polar surface area (TPSA) is 83.2 Å². The van der Waals surface area contributed by atoms with Gasteiger partial charge in [-0.05, 0) is 24.3 Å². The summed E-state index contributed by atoms with van der Waals surface area (Å²) in [5.41, 5.74) is 2.35. The van der Waals surface area contributed by atoms with Crippen LogP contribution in [0.15, 0.2) is 30.5 Å². The number of carboxylic acid groups (broad SMARTS) is 1. The molecule has 6 heteroatoms. The normalized spacial score (nSPS) is 9.95. The zero-order valence-corrected chi connectivity index (χ0v) is 13.3. The second-order valence-corrected chi connectivity index (χ2v) is 4.95. The molecule has 0 unspecified atom stereocenters. The van der Waals surface area contributed by atoms with Crippen LogP contribution in [0.25, 0.3) is 11.1 Å². The fourth-order valence-corrected chi connectivity index (χ4v) is 2.37. The van der Waals surface area contributed by atoms with E-state index in [1.807, 2.05) is 6.07 Å². The van der Waals surface area contributed by atoms with E-state index in [1.165, 1.54) is 13.3 Å². The Hall–Kier alpha value is -2.14. The monoisotopic (exact) mass is 394 g/mol. The Bertz CT molecular complexity index is 738. The van der Waals surface area contributed by atoms with Crippen LogP contribution in [-0.4, -0.2) is 23.2 Å². The van der Waals surface area contributed by atoms with E-state index in [0.29, 0.717) is 26.9 Å². The van der Waals surface area contributed by atoms with E-state index in [4.69, 9.17) is 10.00 Å². The van der Waals surface area contributed by atoms with Gasteiger partial charge in [0.2, 0.25) is 0 Å². The van der Waals surface area contributed by atoms with Crippen LogP contribution < -0.4 is 4.74 Å². The molecule has 1 aromatic heterocycles. The molecule has 0 bridgehead atoms. The highest BCUT2D eigenvalue weighted by Gasteiger charge is 2.17. The zero-order chi connectivity index (χ0) is 15.4. The molecule has 106 valence electrons. The van der Waals surface area contributed by atoms with E-state index in [0.717, 1.165) is 5.69 Å². The largest absolute Gasteiger partial charge is 0.496 e. The van der Waals surface area contributed by atoms with Crippen molar-refractivity contribution in [1.82, 2.24) is 4.98 Å². The van der Waals surface area contributed by atoms with Crippen LogP contribution in [0.2, 0.25) is 0 Å². The standard InChI is InChI=1S/C15H11IN2O3/c1-21-14-3-2-9(7-17)4-12(14)11-5-10(6-16)18-8-13(11)15(19)20/h2-5,8H,6H2,1H3,(H,19,20). The summed E-state index contributed by atoms with van der Waals surface area (Å²) in [6.45, 7) is 0. The molecule has 1 heterocycles. The van der Waals surface area contributed by atoms with E-state index < -0.39 is 5.97 Å². The third-order valence-corrected chi connectivity index (χ3v) is 3.73. The molecular formula is C15H11IN2O3. The quantitative estimate of drug-likeness (QED) is 0.636. The Morgan fingerprint density at radius 1 is 1.43 bits per heavy atom. The number of halogens is 1. The van der Waals surface area contributed by atoms with Gasteiger partial charge in [-0.3, -0.25) is 4.98 Å². The minimum absolute atomic E-state index is 0.0805. The molecule has 0 aliphatic carbocycles. The molecule has 0 aliphatic heterocycles. The van der Waals surface area contributed by atoms with Crippen molar-refractivity contribution in [3.63, 3.8) is 0 Å². The summed E-state index contributed by atoms with van der Waals surface area (Å²) in [5.74, 6) is -0.552. The lowest BCUT2D eigenvalue weighted by Crippen LogP contribution is -2.03. The molecule has 1 aromatic carbocycles. The minimum atomic E-state index is -1.07. The van der Waals surface area contributed by atoms with Gasteiger partial charge in [-0.25, -0.2) is 4.79 Å². The predicted molar refractivity (Wildman–Crippen MR) is 85.6 cm³/mol. The Labute approximate surface area is 135 Å². The Morgan fingerprint density at radius 2 is 2.19 bits per heavy atom. The number of aromatic carboxylic acids is 1. The number of carboxylic acids is 1. The van der Waals surface area contributed by atoms with Crippen LogP contribution in [0.1, 0.15) is 21.6 Å². The molecule has 2 aromatic rings. The van der Waals surface area contributed by atoms with Gasteiger partial charge in [0.05, 0.1) is 30.0 Å². The van der Waals surface area contributed by atoms with Crippen LogP contribution in [0, 0.1) is 11.3 Å². The summed E-state index contributed by atoms with van der Waals surface area (Å²) >= 11 is 2.16. The number of carbonyl (C=O) groups is 1. The smallest absolute Gasteiger partial charge is 0.337 e. The van der Waals surface area contributed by atoms with E-state index in [9.17, 15) is 9.90 Å². The number of nitriles is 1. The van der Waals surface area contributed by atoms with Gasteiger partial charge < -0.3 is 9.84 Å². The second-order valence-electron chi connectivity index (χ2n) is 4.19. The molecule has 0 spiro atoms. The number of hydrogen-bond donors (Lipinski definition) is 1. The van der Waals surface area contributed by atoms with E-state index in [-0.39, 0.29) is 5.56 Å². The highest BCUT2D eigenvalue weighted by Crippen LogP contribution is 2.33. The zero-order valence-electron chi connectivity index (χ0n) is 11.1. The fraction of sp³-hybridized carbons (Fsp3) is 0.133. The first-order chi connectivity index (χ1) is 10.1. The van der Waals surface area contributed by atoms with Crippen LogP contribution >= 0.6 is 22.6 Å². The summed E-state index contributed by atoms with van der Waals surface area (Å²) in [7, 11) is 1.51. The number of hydrogen-bond acceptors (Lipinski definition) is 4. The molecule has 2 rings (SSSR count). The van der Waals surface area contributed by atoms with Crippen LogP contribution in [0.3, 0.4) is 0 Å². The van der Waals surface area contributed by atoms with Crippen molar-refractivity contribution in [2.45, 2.75) is 4.43 Å². The second kappa shape index (κ2) is 6.54. The van der Waals surface area contributed by atoms with Crippen molar-refractivity contribution in [2.24, 2.45) is 0 Å². The molecule has 0 radical (unpaired) electrons. The lowest BCUT2D eigenvalue weighted by molar-refractivity contribution is 0.0697. The molecule has 0 fully saturated rings. The molecule has 0 aliphatic rings. The lowest BCUT2D eigenvalue weighted by atomic mass is 9.98. The summed E-state index contributed by atoms with van der Waals surface area (Å²) < 4.78 is 5.94. The van der Waals surface area contributed by atoms with Crippen molar-refractivity contribution >= 4 is 28.6 Å². The molecule has 21 heavy (non-hydrogen) atoms. The van der Waals surface area contributed by atoms with Gasteiger partial charge in [-0.2, -0.15) is 5.26 Å². The van der Waals surface area contributed by atoms with Crippen molar-refractivity contribution in [1.29, 1.82) is 5.26 Å². The first kappa shape index (κ1) is 15.3. The number of benzene rings is 1. The molecule has 0 saturated heterocycles. The number of pyridine rings is 1. The molecule has 1 N–H and O–H groups in total. The molecule has 0 atom stereocenters. The highest BCUT2D eigenvalue weighted by atomic mass is 127. The Morgan fingerprint density at radius 3 is 2.76 bits per heavy atom. The van der Waals surface area contributed by atoms with E-state index >= 15 is 0 Å². The lowest BCUT2D eigenvalue weighted by Gasteiger charge is -2.12. The number of aromatic nitrogens is 1. The summed E-state index contributed by atoms with van der Waals surface area (Å²) in [6.07, 6.45) is 1.34. The first-order valence-corrected chi connectivity index (χ1v) is 7.50. The van der Waals surface area contributed by atoms with Crippen molar-refractivity contribution in [2.75, 3.05) is 7.11 Å². The number of methoxy groups -OCH3 is 1. The van der Waals surface area contributed by atoms with Crippen molar-refractivity contribution in [3.8, 4) is 22.9 Å². The van der Waals surface area contributed by atoms with Crippen molar-refractivity contribution in [3.05, 3.63) is 47.3 Å². The first-order valence-electron chi connectivity index (χ1n) is 5.97. The third kappa shape index (κ3) is 3.13. The minimum Gasteiger partial charge on any atom is -0.496 e. The van der Waals surface area contributed by atoms with E-state index in [2.05, 4.69) is 27.6 Å². The predicted octanol–water partition coefficient (Wildman–Crippen LogP) is 3.26. The number of alkyl halides is 1. The van der Waals surface area contributed by atoms with Gasteiger partial charge in [0.1, 0.15) is 5.75 Å². The number of ether oxygens (including phenoxy) is 1. The average Bonchev–Trinajstić information content (AvgIpc) is 2.53. The van der Waals surface area contributed by atoms with E-state index in [1.54, 1.807) is 24.3 Å². The molecule has 0 saturated carbocycles. The number of nitrogens with zero attached hydrogens (tertiary/aromatic N) is 2. The maximum absolute atomic E-state index is 11.4. The summed E-state index contributed by atoms with van der Waals surface area (Å²) in [4.78, 5) is 15.5. The van der Waals surface area contributed by atoms with Gasteiger partial charge in [-0.15, -0.1) is 0 Å². The maximum atomic E-state index is 11.4. The average molecular weight is 394 g/mol. The highest BCUT2D eigenvalue weighted by molar-refractivity contribution is 14.1. The van der Waals surface area contributed by atoms with Crippen LogP contribution in [0.4, 0.5) is 0 Å². The van der Waals surface area contributed by atoms with Gasteiger partial charge in [0.15, 0.2) is 0 Å². The van der Waals surface area contributed by atoms with Gasteiger partial charge >= 0.3 is 5.97 Å². The summed E-state index contributed by atoms with van der Waals surface area (Å²) in [5, 5.41) is 18.4. The SMILES string of the molecule is COc1ccc(C#N)cc1-c1cc(CI)ncc1C(=O)O. The molecular weight excluding hydrogens is 383 g/mol. The van der Waals surface area contributed by atoms with Gasteiger partial charge in [0.25, 0.3) is 0 Å². The Kier molecular flexibility index (Phi) is 4.75. The molecule has 5 nitrogen and oxygen atoms in total. The van der Waals surface area contributed by atoms with Gasteiger partial charge in [0, 0.05) is 21.8 Å². The molecule has 0 amide bonds. The van der Waals surface area contributed by atoms with Crippen LogP contribution in [0.5, 0.6) is 5.75 Å². The summed E-state index contributed by atoms with van der Waals surface area (Å²) in [6, 6.07) is 8.67. The van der Waals surface area contributed by atoms with Crippen LogP contribution in [-0.2, 0) is 4.43 Å².